The number of aliphatic hydroxyl groups is 1. The third-order valence-electron chi connectivity index (χ3n) is 11.7. The van der Waals surface area contributed by atoms with Gasteiger partial charge < -0.3 is 9.53 Å². The van der Waals surface area contributed by atoms with E-state index in [1.165, 1.54) is 38.5 Å². The third kappa shape index (κ3) is 3.70. The number of aliphatic hydroxyl groups excluding tert-OH is 1. The van der Waals surface area contributed by atoms with Crippen LogP contribution in [0.4, 0.5) is 0 Å². The summed E-state index contributed by atoms with van der Waals surface area (Å²) >= 11 is 0. The highest BCUT2D eigenvalue weighted by molar-refractivity contribution is 6.74. The van der Waals surface area contributed by atoms with Gasteiger partial charge in [0, 0.05) is 11.5 Å². The molecule has 1 N–H and O–H groups in total. The van der Waals surface area contributed by atoms with Crippen LogP contribution in [0, 0.1) is 40.4 Å². The lowest BCUT2D eigenvalue weighted by Gasteiger charge is -2.61. The molecular weight excluding hydrogens is 412 g/mol. The minimum absolute atomic E-state index is 0.171. The van der Waals surface area contributed by atoms with Crippen molar-refractivity contribution in [3.8, 4) is 0 Å². The lowest BCUT2D eigenvalue weighted by atomic mass is 9.44. The molecule has 4 aliphatic rings. The van der Waals surface area contributed by atoms with E-state index in [0.29, 0.717) is 29.1 Å². The Labute approximate surface area is 198 Å². The van der Waals surface area contributed by atoms with Gasteiger partial charge in [0.2, 0.25) is 0 Å². The fraction of sp³-hybridized carbons (Fsp3) is 0.964. The van der Waals surface area contributed by atoms with Gasteiger partial charge >= 0.3 is 0 Å². The second-order valence-electron chi connectivity index (χ2n) is 14.0. The summed E-state index contributed by atoms with van der Waals surface area (Å²) in [7, 11) is -1.73. The van der Waals surface area contributed by atoms with Crippen molar-refractivity contribution in [3.63, 3.8) is 0 Å². The van der Waals surface area contributed by atoms with Crippen molar-refractivity contribution in [3.05, 3.63) is 0 Å². The number of fused-ring (bicyclic) bond motifs is 5. The summed E-state index contributed by atoms with van der Waals surface area (Å²) in [4.78, 5) is 13.1. The van der Waals surface area contributed by atoms with Gasteiger partial charge in [-0.2, -0.15) is 0 Å². The van der Waals surface area contributed by atoms with E-state index in [4.69, 9.17) is 4.43 Å². The Morgan fingerprint density at radius 2 is 1.72 bits per heavy atom. The molecule has 3 nitrogen and oxygen atoms in total. The summed E-state index contributed by atoms with van der Waals surface area (Å²) < 4.78 is 6.90. The zero-order valence-electron chi connectivity index (χ0n) is 22.2. The van der Waals surface area contributed by atoms with Gasteiger partial charge in [0.25, 0.3) is 0 Å². The number of Topliss-reactive ketones (excluding diaryl/α,β-unsaturated/α-hetero) is 1. The molecule has 0 aromatic rings. The molecule has 4 rings (SSSR count). The molecular formula is C28H50O3Si. The Balaban J connectivity index is 1.52. The van der Waals surface area contributed by atoms with E-state index in [2.05, 4.69) is 40.8 Å². The van der Waals surface area contributed by atoms with E-state index < -0.39 is 8.32 Å². The summed E-state index contributed by atoms with van der Waals surface area (Å²) in [5.41, 5.74) is 0.156. The highest BCUT2D eigenvalue weighted by Gasteiger charge is 2.64. The number of carbonyl (C=O) groups is 1. The molecule has 4 heteroatoms. The maximum Gasteiger partial charge on any atom is 0.192 e. The van der Waals surface area contributed by atoms with Crippen molar-refractivity contribution in [2.45, 2.75) is 130 Å². The monoisotopic (exact) mass is 462 g/mol. The molecule has 0 aliphatic heterocycles. The second kappa shape index (κ2) is 8.19. The Bertz CT molecular complexity index is 725. The maximum atomic E-state index is 13.1. The smallest absolute Gasteiger partial charge is 0.192 e. The van der Waals surface area contributed by atoms with Crippen LogP contribution in [0.3, 0.4) is 0 Å². The average Bonchev–Trinajstić information content (AvgIpc) is 3.08. The topological polar surface area (TPSA) is 46.5 Å². The maximum absolute atomic E-state index is 13.1. The van der Waals surface area contributed by atoms with Gasteiger partial charge in [0.15, 0.2) is 8.32 Å². The predicted octanol–water partition coefficient (Wildman–Crippen LogP) is 6.99. The molecule has 4 fully saturated rings. The van der Waals surface area contributed by atoms with Gasteiger partial charge in [-0.1, -0.05) is 27.7 Å². The van der Waals surface area contributed by atoms with Crippen LogP contribution in [0.2, 0.25) is 18.1 Å². The Morgan fingerprint density at radius 3 is 2.31 bits per heavy atom. The summed E-state index contributed by atoms with van der Waals surface area (Å²) in [5.74, 6) is 3.23. The van der Waals surface area contributed by atoms with E-state index in [1.54, 1.807) is 0 Å². The van der Waals surface area contributed by atoms with Crippen LogP contribution in [-0.4, -0.2) is 31.4 Å². The average molecular weight is 463 g/mol. The molecule has 0 saturated heterocycles. The lowest BCUT2D eigenvalue weighted by Crippen LogP contribution is -2.57. The molecule has 32 heavy (non-hydrogen) atoms. The predicted molar refractivity (Wildman–Crippen MR) is 134 cm³/mol. The van der Waals surface area contributed by atoms with Crippen molar-refractivity contribution >= 4 is 14.1 Å². The van der Waals surface area contributed by atoms with Gasteiger partial charge in [0.05, 0.1) is 6.10 Å². The van der Waals surface area contributed by atoms with Gasteiger partial charge in [-0.15, -0.1) is 0 Å². The molecule has 0 aromatic heterocycles. The first-order valence-electron chi connectivity index (χ1n) is 13.6. The molecule has 0 radical (unpaired) electrons. The zero-order valence-corrected chi connectivity index (χ0v) is 23.2. The minimum atomic E-state index is -1.73. The van der Waals surface area contributed by atoms with Crippen molar-refractivity contribution < 1.29 is 14.3 Å². The van der Waals surface area contributed by atoms with Crippen LogP contribution < -0.4 is 0 Å². The van der Waals surface area contributed by atoms with Crippen LogP contribution >= 0.6 is 0 Å². The van der Waals surface area contributed by atoms with Crippen LogP contribution in [0.25, 0.3) is 0 Å². The zero-order chi connectivity index (χ0) is 23.7. The Morgan fingerprint density at radius 1 is 1.03 bits per heavy atom. The standard InChI is InChI=1S/C28H50O3Si/c1-18(29)23-11-12-25-22-10-9-20-17-21(31-32(7,8)26(3,4)5)13-15-27(20,6)24(22)14-16-28(23,25)19(2)30/h18,20-25,29H,9-17H2,1-8H3/t18-,20+,21-,22-,23-,24+,25+,27+,28+/m1/s1. The number of ketones is 1. The molecule has 4 saturated carbocycles. The summed E-state index contributed by atoms with van der Waals surface area (Å²) in [6.07, 6.45) is 10.8. The molecule has 184 valence electrons. The number of hydrogen-bond acceptors (Lipinski definition) is 3. The van der Waals surface area contributed by atoms with Crippen LogP contribution in [-0.2, 0) is 9.22 Å². The highest BCUT2D eigenvalue weighted by Crippen LogP contribution is 2.68. The highest BCUT2D eigenvalue weighted by atomic mass is 28.4. The first-order valence-corrected chi connectivity index (χ1v) is 16.5. The summed E-state index contributed by atoms with van der Waals surface area (Å²) in [5, 5.41) is 10.8. The van der Waals surface area contributed by atoms with E-state index in [0.717, 1.165) is 31.1 Å². The first kappa shape index (κ1) is 24.9. The second-order valence-corrected chi connectivity index (χ2v) is 18.7. The van der Waals surface area contributed by atoms with Crippen molar-refractivity contribution in [2.75, 3.05) is 0 Å². The fourth-order valence-electron chi connectivity index (χ4n) is 9.01. The summed E-state index contributed by atoms with van der Waals surface area (Å²) in [6, 6.07) is 0. The molecule has 0 aromatic carbocycles. The normalized spacial score (nSPS) is 45.5. The SMILES string of the molecule is CC(=O)[C@]12CC[C@H]3[C@@H](CC[C@H]4C[C@H](O[Si](C)(C)C(C)(C)C)CC[C@@]43C)[C@@H]1CC[C@@H]2[C@@H](C)O. The van der Waals surface area contributed by atoms with E-state index in [9.17, 15) is 9.90 Å². The quantitative estimate of drug-likeness (QED) is 0.458. The van der Waals surface area contributed by atoms with E-state index in [-0.39, 0.29) is 22.5 Å². The van der Waals surface area contributed by atoms with Gasteiger partial charge in [-0.3, -0.25) is 4.79 Å². The molecule has 0 spiro atoms. The molecule has 0 amide bonds. The van der Waals surface area contributed by atoms with Crippen LogP contribution in [0.5, 0.6) is 0 Å². The largest absolute Gasteiger partial charge is 0.414 e. The van der Waals surface area contributed by atoms with Gasteiger partial charge in [0.1, 0.15) is 5.78 Å². The molecule has 0 unspecified atom stereocenters. The van der Waals surface area contributed by atoms with E-state index >= 15 is 0 Å². The van der Waals surface area contributed by atoms with Gasteiger partial charge in [-0.25, -0.2) is 0 Å². The first-order chi connectivity index (χ1) is 14.7. The fourth-order valence-corrected chi connectivity index (χ4v) is 10.4. The van der Waals surface area contributed by atoms with Crippen LogP contribution in [0.1, 0.15) is 99.3 Å². The number of carbonyl (C=O) groups excluding carboxylic acids is 1. The lowest BCUT2D eigenvalue weighted by molar-refractivity contribution is -0.157. The minimum Gasteiger partial charge on any atom is -0.414 e. The molecule has 9 atom stereocenters. The molecule has 0 heterocycles. The third-order valence-corrected chi connectivity index (χ3v) is 16.2. The Hall–Kier alpha value is -0.193. The number of rotatable bonds is 4. The number of hydrogen-bond donors (Lipinski definition) is 1. The van der Waals surface area contributed by atoms with Crippen molar-refractivity contribution in [1.29, 1.82) is 0 Å². The van der Waals surface area contributed by atoms with E-state index in [1.807, 2.05) is 13.8 Å². The Kier molecular flexibility index (Phi) is 6.38. The van der Waals surface area contributed by atoms with Crippen molar-refractivity contribution in [1.82, 2.24) is 0 Å². The molecule has 0 bridgehead atoms. The van der Waals surface area contributed by atoms with Crippen molar-refractivity contribution in [2.24, 2.45) is 40.4 Å². The molecule has 4 aliphatic carbocycles. The summed E-state index contributed by atoms with van der Waals surface area (Å²) in [6.45, 7) is 18.2. The van der Waals surface area contributed by atoms with Crippen LogP contribution in [0.15, 0.2) is 0 Å². The van der Waals surface area contributed by atoms with Gasteiger partial charge in [-0.05, 0) is 125 Å².